The van der Waals surface area contributed by atoms with Crippen molar-refractivity contribution in [1.29, 1.82) is 0 Å². The van der Waals surface area contributed by atoms with Crippen LogP contribution in [0, 0.1) is 19.7 Å². The largest absolute Gasteiger partial charge is 0.383 e. The standard InChI is InChI=1S/C15H14FN3/c1-9-3-6-13-18-14(15(17)19(13)8-9)11-4-5-12(16)10(2)7-11/h3-8H,17H2,1-2H3. The van der Waals surface area contributed by atoms with Crippen LogP contribution in [0.1, 0.15) is 11.1 Å². The summed E-state index contributed by atoms with van der Waals surface area (Å²) >= 11 is 0. The monoisotopic (exact) mass is 255 g/mol. The zero-order valence-corrected chi connectivity index (χ0v) is 10.8. The van der Waals surface area contributed by atoms with Crippen molar-refractivity contribution in [1.82, 2.24) is 9.38 Å². The van der Waals surface area contributed by atoms with Gasteiger partial charge in [0.15, 0.2) is 0 Å². The molecule has 4 heteroatoms. The molecule has 0 unspecified atom stereocenters. The SMILES string of the molecule is Cc1ccc2nc(-c3ccc(F)c(C)c3)c(N)n2c1. The van der Waals surface area contributed by atoms with Crippen LogP contribution >= 0.6 is 0 Å². The molecule has 96 valence electrons. The highest BCUT2D eigenvalue weighted by molar-refractivity contribution is 5.75. The minimum atomic E-state index is -0.220. The molecule has 3 rings (SSSR count). The molecule has 2 heterocycles. The van der Waals surface area contributed by atoms with Gasteiger partial charge in [0.25, 0.3) is 0 Å². The van der Waals surface area contributed by atoms with Crippen LogP contribution in [0.2, 0.25) is 0 Å². The highest BCUT2D eigenvalue weighted by atomic mass is 19.1. The van der Waals surface area contributed by atoms with Gasteiger partial charge in [0, 0.05) is 11.8 Å². The third-order valence-electron chi connectivity index (χ3n) is 3.23. The van der Waals surface area contributed by atoms with Crippen molar-refractivity contribution in [2.45, 2.75) is 13.8 Å². The van der Waals surface area contributed by atoms with Gasteiger partial charge in [-0.1, -0.05) is 6.07 Å². The van der Waals surface area contributed by atoms with Gasteiger partial charge in [0.2, 0.25) is 0 Å². The summed E-state index contributed by atoms with van der Waals surface area (Å²) in [7, 11) is 0. The maximum Gasteiger partial charge on any atom is 0.139 e. The Kier molecular flexibility index (Phi) is 2.52. The Labute approximate surface area is 110 Å². The summed E-state index contributed by atoms with van der Waals surface area (Å²) in [6.45, 7) is 3.73. The fourth-order valence-electron chi connectivity index (χ4n) is 2.17. The van der Waals surface area contributed by atoms with Crippen molar-refractivity contribution in [2.24, 2.45) is 0 Å². The van der Waals surface area contributed by atoms with Gasteiger partial charge in [-0.25, -0.2) is 9.37 Å². The molecule has 2 aromatic heterocycles. The van der Waals surface area contributed by atoms with Gasteiger partial charge >= 0.3 is 0 Å². The maximum absolute atomic E-state index is 13.3. The second kappa shape index (κ2) is 4.09. The number of halogens is 1. The molecule has 1 aromatic carbocycles. The fourth-order valence-corrected chi connectivity index (χ4v) is 2.17. The smallest absolute Gasteiger partial charge is 0.139 e. The minimum Gasteiger partial charge on any atom is -0.383 e. The van der Waals surface area contributed by atoms with Gasteiger partial charge in [0.1, 0.15) is 23.0 Å². The predicted octanol–water partition coefficient (Wildman–Crippen LogP) is 3.34. The molecule has 3 aromatic rings. The quantitative estimate of drug-likeness (QED) is 0.724. The lowest BCUT2D eigenvalue weighted by atomic mass is 10.1. The molecule has 0 spiro atoms. The molecule has 0 saturated heterocycles. The summed E-state index contributed by atoms with van der Waals surface area (Å²) in [5.41, 5.74) is 10.1. The number of anilines is 1. The topological polar surface area (TPSA) is 43.3 Å². The van der Waals surface area contributed by atoms with Crippen molar-refractivity contribution in [3.8, 4) is 11.3 Å². The number of pyridine rings is 1. The third kappa shape index (κ3) is 1.85. The van der Waals surface area contributed by atoms with E-state index in [1.54, 1.807) is 19.1 Å². The number of nitrogens with two attached hydrogens (primary N) is 1. The number of nitrogen functional groups attached to an aromatic ring is 1. The van der Waals surface area contributed by atoms with Crippen molar-refractivity contribution >= 4 is 11.5 Å². The van der Waals surface area contributed by atoms with Crippen molar-refractivity contribution in [2.75, 3.05) is 5.73 Å². The van der Waals surface area contributed by atoms with Gasteiger partial charge in [-0.3, -0.25) is 4.40 Å². The Morgan fingerprint density at radius 1 is 1.16 bits per heavy atom. The number of imidazole rings is 1. The molecular formula is C15H14FN3. The molecule has 0 aliphatic rings. The molecule has 19 heavy (non-hydrogen) atoms. The third-order valence-corrected chi connectivity index (χ3v) is 3.23. The van der Waals surface area contributed by atoms with E-state index in [4.69, 9.17) is 5.73 Å². The lowest BCUT2D eigenvalue weighted by molar-refractivity contribution is 0.619. The van der Waals surface area contributed by atoms with Gasteiger partial charge in [-0.2, -0.15) is 0 Å². The number of aromatic nitrogens is 2. The molecule has 0 fully saturated rings. The molecule has 0 saturated carbocycles. The van der Waals surface area contributed by atoms with Crippen molar-refractivity contribution in [3.05, 3.63) is 53.5 Å². The number of nitrogens with zero attached hydrogens (tertiary/aromatic N) is 2. The summed E-state index contributed by atoms with van der Waals surface area (Å²) in [6.07, 6.45) is 1.94. The van der Waals surface area contributed by atoms with Gasteiger partial charge < -0.3 is 5.73 Å². The molecule has 0 amide bonds. The zero-order valence-electron chi connectivity index (χ0n) is 10.8. The van der Waals surface area contributed by atoms with Gasteiger partial charge in [-0.15, -0.1) is 0 Å². The average molecular weight is 255 g/mol. The average Bonchev–Trinajstić information content (AvgIpc) is 2.70. The van der Waals surface area contributed by atoms with Gasteiger partial charge in [-0.05, 0) is 49.2 Å². The first-order valence-corrected chi connectivity index (χ1v) is 6.07. The molecule has 0 radical (unpaired) electrons. The fraction of sp³-hybridized carbons (Fsp3) is 0.133. The molecule has 0 aliphatic heterocycles. The molecule has 3 nitrogen and oxygen atoms in total. The Morgan fingerprint density at radius 2 is 1.95 bits per heavy atom. The van der Waals surface area contributed by atoms with E-state index in [0.29, 0.717) is 17.1 Å². The van der Waals surface area contributed by atoms with Crippen LogP contribution in [-0.2, 0) is 0 Å². The van der Waals surface area contributed by atoms with E-state index in [2.05, 4.69) is 4.98 Å². The van der Waals surface area contributed by atoms with E-state index in [9.17, 15) is 4.39 Å². The lowest BCUT2D eigenvalue weighted by Gasteiger charge is -2.02. The predicted molar refractivity (Wildman–Crippen MR) is 74.5 cm³/mol. The summed E-state index contributed by atoms with van der Waals surface area (Å²) in [6, 6.07) is 8.82. The summed E-state index contributed by atoms with van der Waals surface area (Å²) in [5, 5.41) is 0. The van der Waals surface area contributed by atoms with E-state index in [1.807, 2.05) is 29.7 Å². The number of hydrogen-bond donors (Lipinski definition) is 1. The molecular weight excluding hydrogens is 241 g/mol. The van der Waals surface area contributed by atoms with Crippen molar-refractivity contribution in [3.63, 3.8) is 0 Å². The molecule has 2 N–H and O–H groups in total. The number of aryl methyl sites for hydroxylation is 2. The van der Waals surface area contributed by atoms with Crippen LogP contribution in [0.25, 0.3) is 16.9 Å². The highest BCUT2D eigenvalue weighted by Gasteiger charge is 2.12. The van der Waals surface area contributed by atoms with E-state index in [1.165, 1.54) is 6.07 Å². The van der Waals surface area contributed by atoms with E-state index >= 15 is 0 Å². The lowest BCUT2D eigenvalue weighted by Crippen LogP contribution is -1.95. The summed E-state index contributed by atoms with van der Waals surface area (Å²) < 4.78 is 15.2. The van der Waals surface area contributed by atoms with E-state index < -0.39 is 0 Å². The minimum absolute atomic E-state index is 0.220. The Bertz CT molecular complexity index is 774. The maximum atomic E-state index is 13.3. The summed E-state index contributed by atoms with van der Waals surface area (Å²) in [4.78, 5) is 4.51. The van der Waals surface area contributed by atoms with Crippen LogP contribution in [0.4, 0.5) is 10.2 Å². The first-order valence-electron chi connectivity index (χ1n) is 6.07. The second-order valence-corrected chi connectivity index (χ2v) is 4.74. The number of rotatable bonds is 1. The first-order chi connectivity index (χ1) is 9.06. The Morgan fingerprint density at radius 3 is 2.68 bits per heavy atom. The van der Waals surface area contributed by atoms with Crippen LogP contribution in [-0.4, -0.2) is 9.38 Å². The first kappa shape index (κ1) is 11.7. The Balaban J connectivity index is 2.24. The Hall–Kier alpha value is -2.36. The van der Waals surface area contributed by atoms with Gasteiger partial charge in [0.05, 0.1) is 0 Å². The highest BCUT2D eigenvalue weighted by Crippen LogP contribution is 2.27. The van der Waals surface area contributed by atoms with Crippen LogP contribution in [0.3, 0.4) is 0 Å². The number of hydrogen-bond acceptors (Lipinski definition) is 2. The van der Waals surface area contributed by atoms with Crippen LogP contribution in [0.15, 0.2) is 36.5 Å². The molecule has 0 aliphatic carbocycles. The van der Waals surface area contributed by atoms with Crippen molar-refractivity contribution < 1.29 is 4.39 Å². The molecule has 0 atom stereocenters. The van der Waals surface area contributed by atoms with E-state index in [0.717, 1.165) is 16.8 Å². The van der Waals surface area contributed by atoms with E-state index in [-0.39, 0.29) is 5.82 Å². The summed E-state index contributed by atoms with van der Waals surface area (Å²) in [5.74, 6) is 0.353. The number of fused-ring (bicyclic) bond motifs is 1. The van der Waals surface area contributed by atoms with Crippen LogP contribution < -0.4 is 5.73 Å². The normalized spacial score (nSPS) is 11.1. The molecule has 0 bridgehead atoms. The second-order valence-electron chi connectivity index (χ2n) is 4.74. The van der Waals surface area contributed by atoms with Crippen LogP contribution in [0.5, 0.6) is 0 Å². The number of benzene rings is 1. The zero-order chi connectivity index (χ0) is 13.6.